The van der Waals surface area contributed by atoms with E-state index in [0.29, 0.717) is 18.2 Å². The maximum Gasteiger partial charge on any atom is 0.417 e. The number of hydrogen-bond donors (Lipinski definition) is 1. The van der Waals surface area contributed by atoms with Crippen molar-refractivity contribution in [3.63, 3.8) is 0 Å². The molecular weight excluding hydrogens is 471 g/mol. The maximum absolute atomic E-state index is 13.5. The predicted octanol–water partition coefficient (Wildman–Crippen LogP) is 3.55. The molecular formula is C20H22F3NO6S2. The van der Waals surface area contributed by atoms with E-state index in [0.717, 1.165) is 0 Å². The van der Waals surface area contributed by atoms with Crippen molar-refractivity contribution in [3.8, 4) is 0 Å². The molecule has 0 heterocycles. The van der Waals surface area contributed by atoms with Crippen LogP contribution >= 0.6 is 0 Å². The van der Waals surface area contributed by atoms with Gasteiger partial charge in [-0.1, -0.05) is 18.2 Å². The highest BCUT2D eigenvalue weighted by molar-refractivity contribution is 7.91. The van der Waals surface area contributed by atoms with Gasteiger partial charge in [-0.05, 0) is 51.1 Å². The van der Waals surface area contributed by atoms with E-state index >= 15 is 0 Å². The second-order valence-corrected chi connectivity index (χ2v) is 11.4. The number of carbonyl (C=O) groups excluding carboxylic acids is 1. The summed E-state index contributed by atoms with van der Waals surface area (Å²) >= 11 is 0. The fourth-order valence-corrected chi connectivity index (χ4v) is 5.28. The van der Waals surface area contributed by atoms with Crippen molar-refractivity contribution >= 4 is 25.8 Å². The first-order valence-corrected chi connectivity index (χ1v) is 12.2. The number of esters is 1. The molecule has 0 aliphatic rings. The Morgan fingerprint density at radius 2 is 1.53 bits per heavy atom. The molecule has 12 heteroatoms. The molecule has 0 aromatic heterocycles. The summed E-state index contributed by atoms with van der Waals surface area (Å²) in [5, 5.41) is 0. The van der Waals surface area contributed by atoms with Gasteiger partial charge in [0.25, 0.3) is 0 Å². The van der Waals surface area contributed by atoms with Crippen molar-refractivity contribution < 1.29 is 39.5 Å². The third-order valence-electron chi connectivity index (χ3n) is 3.95. The van der Waals surface area contributed by atoms with Gasteiger partial charge >= 0.3 is 12.1 Å². The molecule has 2 rings (SSSR count). The summed E-state index contributed by atoms with van der Waals surface area (Å²) in [5.41, 5.74) is -2.35. The molecule has 0 atom stereocenters. The van der Waals surface area contributed by atoms with Gasteiger partial charge in [0, 0.05) is 6.54 Å². The molecule has 0 radical (unpaired) electrons. The van der Waals surface area contributed by atoms with Gasteiger partial charge in [0.1, 0.15) is 5.60 Å². The number of rotatable bonds is 7. The van der Waals surface area contributed by atoms with Crippen LogP contribution in [0.4, 0.5) is 13.2 Å². The van der Waals surface area contributed by atoms with Crippen LogP contribution in [0.25, 0.3) is 0 Å². The van der Waals surface area contributed by atoms with Crippen molar-refractivity contribution in [3.05, 3.63) is 54.1 Å². The number of sulfone groups is 1. The van der Waals surface area contributed by atoms with Crippen LogP contribution in [0.3, 0.4) is 0 Å². The number of sulfonamides is 1. The second-order valence-electron chi connectivity index (χ2n) is 7.71. The lowest BCUT2D eigenvalue weighted by atomic mass is 10.2. The molecule has 0 amide bonds. The number of ether oxygens (including phenoxy) is 1. The van der Waals surface area contributed by atoms with Gasteiger partial charge in [-0.2, -0.15) is 13.2 Å². The van der Waals surface area contributed by atoms with Crippen molar-refractivity contribution in [2.45, 2.75) is 53.7 Å². The van der Waals surface area contributed by atoms with E-state index in [1.807, 2.05) is 4.72 Å². The molecule has 32 heavy (non-hydrogen) atoms. The van der Waals surface area contributed by atoms with E-state index in [9.17, 15) is 34.8 Å². The summed E-state index contributed by atoms with van der Waals surface area (Å²) in [7, 11) is -9.09. The van der Waals surface area contributed by atoms with Gasteiger partial charge < -0.3 is 4.74 Å². The first kappa shape index (κ1) is 25.8. The lowest BCUT2D eigenvalue weighted by Gasteiger charge is -2.19. The van der Waals surface area contributed by atoms with Crippen LogP contribution < -0.4 is 4.72 Å². The van der Waals surface area contributed by atoms with Gasteiger partial charge in [0.2, 0.25) is 19.9 Å². The van der Waals surface area contributed by atoms with Gasteiger partial charge in [-0.25, -0.2) is 21.6 Å². The second kappa shape index (κ2) is 9.20. The highest BCUT2D eigenvalue weighted by Gasteiger charge is 2.38. The average molecular weight is 494 g/mol. The van der Waals surface area contributed by atoms with Crippen LogP contribution in [-0.2, 0) is 35.6 Å². The highest BCUT2D eigenvalue weighted by atomic mass is 32.2. The van der Waals surface area contributed by atoms with Gasteiger partial charge in [0.15, 0.2) is 0 Å². The Bertz CT molecular complexity index is 1190. The predicted molar refractivity (Wildman–Crippen MR) is 109 cm³/mol. The Labute approximate surface area is 184 Å². The number of carbonyl (C=O) groups is 1. The molecule has 2 aromatic carbocycles. The zero-order valence-corrected chi connectivity index (χ0v) is 19.1. The van der Waals surface area contributed by atoms with E-state index in [1.165, 1.54) is 24.3 Å². The van der Waals surface area contributed by atoms with Crippen LogP contribution in [0.5, 0.6) is 0 Å². The number of hydrogen-bond acceptors (Lipinski definition) is 6. The van der Waals surface area contributed by atoms with Crippen molar-refractivity contribution in [1.29, 1.82) is 0 Å². The lowest BCUT2D eigenvalue weighted by molar-refractivity contribution is -0.154. The zero-order valence-electron chi connectivity index (χ0n) is 17.4. The molecule has 0 saturated carbocycles. The topological polar surface area (TPSA) is 107 Å². The maximum atomic E-state index is 13.5. The van der Waals surface area contributed by atoms with E-state index in [4.69, 9.17) is 4.74 Å². The molecule has 0 saturated heterocycles. The van der Waals surface area contributed by atoms with Crippen molar-refractivity contribution in [2.75, 3.05) is 6.54 Å². The van der Waals surface area contributed by atoms with E-state index in [-0.39, 0.29) is 4.90 Å². The van der Waals surface area contributed by atoms with Crippen LogP contribution in [0, 0.1) is 0 Å². The Morgan fingerprint density at radius 1 is 0.938 bits per heavy atom. The Hall–Kier alpha value is -2.44. The standard InChI is InChI=1S/C20H22F3NO6S2/c1-19(2,3)30-18(25)11-12-24-32(28,29)17-13-15(9-10-16(17)20(21,22)23)31(26,27)14-7-5-4-6-8-14/h4-10,13,24H,11-12H2,1-3H3. The minimum absolute atomic E-state index is 0.207. The molecule has 2 aromatic rings. The monoisotopic (exact) mass is 493 g/mol. The summed E-state index contributed by atoms with van der Waals surface area (Å²) in [6, 6.07) is 8.43. The molecule has 0 unspecified atom stereocenters. The van der Waals surface area contributed by atoms with Gasteiger partial charge in [-0.15, -0.1) is 0 Å². The summed E-state index contributed by atoms with van der Waals surface area (Å²) in [4.78, 5) is 9.65. The minimum atomic E-state index is -5.07. The van der Waals surface area contributed by atoms with Crippen molar-refractivity contribution in [1.82, 2.24) is 4.72 Å². The fourth-order valence-electron chi connectivity index (χ4n) is 2.62. The quantitative estimate of drug-likeness (QED) is 0.592. The number of benzene rings is 2. The zero-order chi connectivity index (χ0) is 24.4. The third-order valence-corrected chi connectivity index (χ3v) is 7.22. The molecule has 0 fully saturated rings. The number of alkyl halides is 3. The Balaban J connectivity index is 2.41. The van der Waals surface area contributed by atoms with Crippen LogP contribution in [0.15, 0.2) is 63.2 Å². The summed E-state index contributed by atoms with van der Waals surface area (Å²) in [6.07, 6.45) is -5.50. The smallest absolute Gasteiger partial charge is 0.417 e. The first-order valence-electron chi connectivity index (χ1n) is 9.27. The molecule has 0 bridgehead atoms. The van der Waals surface area contributed by atoms with E-state index in [1.54, 1.807) is 26.8 Å². The van der Waals surface area contributed by atoms with Gasteiger partial charge in [0.05, 0.1) is 26.7 Å². The molecule has 176 valence electrons. The largest absolute Gasteiger partial charge is 0.460 e. The lowest BCUT2D eigenvalue weighted by Crippen LogP contribution is -2.31. The van der Waals surface area contributed by atoms with E-state index in [2.05, 4.69) is 0 Å². The molecule has 7 nitrogen and oxygen atoms in total. The average Bonchev–Trinajstić information content (AvgIpc) is 2.66. The number of halogens is 3. The van der Waals surface area contributed by atoms with E-state index < -0.39 is 65.9 Å². The minimum Gasteiger partial charge on any atom is -0.460 e. The Kier molecular flexibility index (Phi) is 7.42. The van der Waals surface area contributed by atoms with Gasteiger partial charge in [-0.3, -0.25) is 4.79 Å². The molecule has 1 N–H and O–H groups in total. The summed E-state index contributed by atoms with van der Waals surface area (Å²) < 4.78 is 98.0. The first-order chi connectivity index (χ1) is 14.5. The van der Waals surface area contributed by atoms with Crippen LogP contribution in [0.2, 0.25) is 0 Å². The normalized spacial score (nSPS) is 13.1. The SMILES string of the molecule is CC(C)(C)OC(=O)CCNS(=O)(=O)c1cc(S(=O)(=O)c2ccccc2)ccc1C(F)(F)F. The highest BCUT2D eigenvalue weighted by Crippen LogP contribution is 2.36. The molecule has 0 aliphatic heterocycles. The summed E-state index contributed by atoms with van der Waals surface area (Å²) in [6.45, 7) is 4.26. The fraction of sp³-hybridized carbons (Fsp3) is 0.350. The summed E-state index contributed by atoms with van der Waals surface area (Å²) in [5.74, 6) is -0.753. The third kappa shape index (κ3) is 6.53. The van der Waals surface area contributed by atoms with Crippen molar-refractivity contribution in [2.24, 2.45) is 0 Å². The molecule has 0 aliphatic carbocycles. The van der Waals surface area contributed by atoms with Crippen LogP contribution in [0.1, 0.15) is 32.8 Å². The molecule has 0 spiro atoms. The Morgan fingerprint density at radius 3 is 2.06 bits per heavy atom. The number of nitrogens with one attached hydrogen (secondary N) is 1. The van der Waals surface area contributed by atoms with Crippen LogP contribution in [-0.4, -0.2) is 35.0 Å².